The van der Waals surface area contributed by atoms with Gasteiger partial charge in [0.2, 0.25) is 0 Å². The van der Waals surface area contributed by atoms with Crippen LogP contribution in [-0.2, 0) is 0 Å². The predicted molar refractivity (Wildman–Crippen MR) is 85.7 cm³/mol. The van der Waals surface area contributed by atoms with Crippen LogP contribution in [0.2, 0.25) is 0 Å². The number of aryl methyl sites for hydroxylation is 1. The van der Waals surface area contributed by atoms with Gasteiger partial charge in [-0.3, -0.25) is 4.98 Å². The Balaban J connectivity index is 2.06. The van der Waals surface area contributed by atoms with E-state index in [2.05, 4.69) is 50.3 Å². The number of hydrogen-bond donors (Lipinski definition) is 1. The molecular weight excluding hydrogens is 244 g/mol. The summed E-state index contributed by atoms with van der Waals surface area (Å²) in [6.45, 7) is 10.1. The summed E-state index contributed by atoms with van der Waals surface area (Å²) in [5.74, 6) is 2.55. The Morgan fingerprint density at radius 1 is 1.15 bits per heavy atom. The van der Waals surface area contributed by atoms with Crippen LogP contribution < -0.4 is 5.32 Å². The molecular formula is C18H30N2. The van der Waals surface area contributed by atoms with Crippen molar-refractivity contribution < 1.29 is 0 Å². The molecule has 112 valence electrons. The Hall–Kier alpha value is -0.890. The summed E-state index contributed by atoms with van der Waals surface area (Å²) in [7, 11) is 0. The third-order valence-corrected chi connectivity index (χ3v) is 4.91. The van der Waals surface area contributed by atoms with Crippen LogP contribution in [0.25, 0.3) is 0 Å². The van der Waals surface area contributed by atoms with Crippen molar-refractivity contribution in [2.45, 2.75) is 59.4 Å². The lowest BCUT2D eigenvalue weighted by Crippen LogP contribution is -2.32. The molecule has 2 heteroatoms. The average Bonchev–Trinajstić information content (AvgIpc) is 2.45. The van der Waals surface area contributed by atoms with Crippen molar-refractivity contribution in [2.75, 3.05) is 6.54 Å². The second kappa shape index (κ2) is 7.21. The Morgan fingerprint density at radius 3 is 2.35 bits per heavy atom. The van der Waals surface area contributed by atoms with Crippen LogP contribution in [0.1, 0.15) is 63.6 Å². The number of nitrogens with zero attached hydrogens (tertiary/aromatic N) is 1. The fraction of sp³-hybridized carbons (Fsp3) is 0.722. The van der Waals surface area contributed by atoms with Gasteiger partial charge in [-0.15, -0.1) is 0 Å². The Morgan fingerprint density at radius 2 is 1.80 bits per heavy atom. The van der Waals surface area contributed by atoms with Gasteiger partial charge in [-0.05, 0) is 68.0 Å². The smallest absolute Gasteiger partial charge is 0.0363 e. The first-order valence-corrected chi connectivity index (χ1v) is 8.26. The molecule has 1 aromatic heterocycles. The lowest BCUT2D eigenvalue weighted by Gasteiger charge is -2.36. The van der Waals surface area contributed by atoms with Gasteiger partial charge in [-0.1, -0.05) is 26.8 Å². The molecule has 1 aliphatic carbocycles. The molecule has 1 unspecified atom stereocenters. The minimum absolute atomic E-state index is 0.487. The number of aromatic nitrogens is 1. The first kappa shape index (κ1) is 15.5. The Labute approximate surface area is 124 Å². The molecule has 0 saturated heterocycles. The van der Waals surface area contributed by atoms with Crippen LogP contribution in [0.5, 0.6) is 0 Å². The number of pyridine rings is 1. The molecule has 2 rings (SSSR count). The van der Waals surface area contributed by atoms with Crippen molar-refractivity contribution >= 4 is 0 Å². The highest BCUT2D eigenvalue weighted by molar-refractivity contribution is 5.21. The molecule has 1 heterocycles. The monoisotopic (exact) mass is 274 g/mol. The largest absolute Gasteiger partial charge is 0.310 e. The standard InChI is InChI=1S/C18H30N2/c1-5-20-18(17-10-14(4)11-19-12-17)16-8-6-15(7-9-16)13(2)3/h10-13,15-16,18,20H,5-9H2,1-4H3. The molecule has 1 N–H and O–H groups in total. The highest BCUT2D eigenvalue weighted by Crippen LogP contribution is 2.39. The predicted octanol–water partition coefficient (Wildman–Crippen LogP) is 4.50. The summed E-state index contributed by atoms with van der Waals surface area (Å²) in [4.78, 5) is 4.39. The molecule has 1 saturated carbocycles. The van der Waals surface area contributed by atoms with Gasteiger partial charge >= 0.3 is 0 Å². The van der Waals surface area contributed by atoms with E-state index in [1.54, 1.807) is 0 Å². The molecule has 0 aromatic carbocycles. The second-order valence-electron chi connectivity index (χ2n) is 6.75. The van der Waals surface area contributed by atoms with E-state index in [4.69, 9.17) is 0 Å². The van der Waals surface area contributed by atoms with E-state index in [1.165, 1.54) is 36.8 Å². The van der Waals surface area contributed by atoms with Crippen LogP contribution in [0.4, 0.5) is 0 Å². The van der Waals surface area contributed by atoms with Gasteiger partial charge < -0.3 is 5.32 Å². The van der Waals surface area contributed by atoms with Gasteiger partial charge in [0.1, 0.15) is 0 Å². The molecule has 1 fully saturated rings. The maximum Gasteiger partial charge on any atom is 0.0363 e. The van der Waals surface area contributed by atoms with Gasteiger partial charge in [0.25, 0.3) is 0 Å². The Bertz CT molecular complexity index is 406. The summed E-state index contributed by atoms with van der Waals surface area (Å²) in [6.07, 6.45) is 9.49. The van der Waals surface area contributed by atoms with Crippen LogP contribution in [0, 0.1) is 24.7 Å². The molecule has 0 spiro atoms. The van der Waals surface area contributed by atoms with Crippen LogP contribution in [0.3, 0.4) is 0 Å². The normalized spacial score (nSPS) is 24.9. The van der Waals surface area contributed by atoms with E-state index < -0.39 is 0 Å². The fourth-order valence-electron chi connectivity index (χ4n) is 3.67. The Kier molecular flexibility index (Phi) is 5.59. The van der Waals surface area contributed by atoms with Gasteiger partial charge in [0.15, 0.2) is 0 Å². The van der Waals surface area contributed by atoms with Gasteiger partial charge in [0.05, 0.1) is 0 Å². The van der Waals surface area contributed by atoms with Crippen molar-refractivity contribution in [2.24, 2.45) is 17.8 Å². The van der Waals surface area contributed by atoms with Crippen LogP contribution >= 0.6 is 0 Å². The van der Waals surface area contributed by atoms with Crippen molar-refractivity contribution in [3.63, 3.8) is 0 Å². The number of nitrogens with one attached hydrogen (secondary N) is 1. The van der Waals surface area contributed by atoms with Gasteiger partial charge in [-0.2, -0.15) is 0 Å². The minimum Gasteiger partial charge on any atom is -0.310 e. The van der Waals surface area contributed by atoms with Gasteiger partial charge in [-0.25, -0.2) is 0 Å². The molecule has 1 aromatic rings. The zero-order chi connectivity index (χ0) is 14.5. The zero-order valence-electron chi connectivity index (χ0n) is 13.5. The summed E-state index contributed by atoms with van der Waals surface area (Å²) in [5.41, 5.74) is 2.64. The minimum atomic E-state index is 0.487. The maximum absolute atomic E-state index is 4.39. The van der Waals surface area contributed by atoms with Crippen LogP contribution in [0.15, 0.2) is 18.5 Å². The van der Waals surface area contributed by atoms with Crippen molar-refractivity contribution in [3.8, 4) is 0 Å². The number of hydrogen-bond acceptors (Lipinski definition) is 2. The SMILES string of the molecule is CCNC(c1cncc(C)c1)C1CCC(C(C)C)CC1. The van der Waals surface area contributed by atoms with Gasteiger partial charge in [0, 0.05) is 18.4 Å². The third-order valence-electron chi connectivity index (χ3n) is 4.91. The quantitative estimate of drug-likeness (QED) is 0.855. The molecule has 2 nitrogen and oxygen atoms in total. The molecule has 20 heavy (non-hydrogen) atoms. The molecule has 1 atom stereocenters. The van der Waals surface area contributed by atoms with E-state index in [9.17, 15) is 0 Å². The lowest BCUT2D eigenvalue weighted by atomic mass is 9.73. The second-order valence-corrected chi connectivity index (χ2v) is 6.75. The van der Waals surface area contributed by atoms with Crippen molar-refractivity contribution in [1.82, 2.24) is 10.3 Å². The third kappa shape index (κ3) is 3.82. The van der Waals surface area contributed by atoms with E-state index >= 15 is 0 Å². The summed E-state index contributed by atoms with van der Waals surface area (Å²) < 4.78 is 0. The summed E-state index contributed by atoms with van der Waals surface area (Å²) >= 11 is 0. The fourth-order valence-corrected chi connectivity index (χ4v) is 3.67. The summed E-state index contributed by atoms with van der Waals surface area (Å²) in [6, 6.07) is 2.79. The first-order chi connectivity index (χ1) is 9.61. The molecule has 0 radical (unpaired) electrons. The highest BCUT2D eigenvalue weighted by Gasteiger charge is 2.29. The summed E-state index contributed by atoms with van der Waals surface area (Å²) in [5, 5.41) is 3.70. The average molecular weight is 274 g/mol. The van der Waals surface area contributed by atoms with E-state index in [0.29, 0.717) is 6.04 Å². The van der Waals surface area contributed by atoms with Crippen molar-refractivity contribution in [1.29, 1.82) is 0 Å². The maximum atomic E-state index is 4.39. The van der Waals surface area contributed by atoms with E-state index in [-0.39, 0.29) is 0 Å². The van der Waals surface area contributed by atoms with E-state index in [0.717, 1.165) is 24.3 Å². The number of rotatable bonds is 5. The highest BCUT2D eigenvalue weighted by atomic mass is 14.9. The molecule has 0 aliphatic heterocycles. The van der Waals surface area contributed by atoms with Crippen molar-refractivity contribution in [3.05, 3.63) is 29.6 Å². The molecule has 0 bridgehead atoms. The molecule has 1 aliphatic rings. The first-order valence-electron chi connectivity index (χ1n) is 8.26. The lowest BCUT2D eigenvalue weighted by molar-refractivity contribution is 0.190. The topological polar surface area (TPSA) is 24.9 Å². The van der Waals surface area contributed by atoms with Crippen LogP contribution in [-0.4, -0.2) is 11.5 Å². The molecule has 0 amide bonds. The van der Waals surface area contributed by atoms with E-state index in [1.807, 2.05) is 6.20 Å². The zero-order valence-corrected chi connectivity index (χ0v) is 13.5.